The molecule has 2 aromatic rings. The summed E-state index contributed by atoms with van der Waals surface area (Å²) in [6, 6.07) is 14.9. The molecule has 0 aliphatic carbocycles. The van der Waals surface area contributed by atoms with Gasteiger partial charge in [-0.1, -0.05) is 36.4 Å². The van der Waals surface area contributed by atoms with E-state index in [1.807, 2.05) is 48.5 Å². The van der Waals surface area contributed by atoms with Crippen LogP contribution in [0.4, 0.5) is 0 Å². The fraction of sp³-hybridized carbons (Fsp3) is 0.250. The van der Waals surface area contributed by atoms with Crippen LogP contribution in [0.25, 0.3) is 0 Å². The summed E-state index contributed by atoms with van der Waals surface area (Å²) in [6.45, 7) is 0.412. The molecule has 0 aliphatic heterocycles. The van der Waals surface area contributed by atoms with Crippen LogP contribution >= 0.6 is 0 Å². The van der Waals surface area contributed by atoms with Crippen molar-refractivity contribution in [1.82, 2.24) is 10.7 Å². The van der Waals surface area contributed by atoms with Crippen LogP contribution in [0.2, 0.25) is 0 Å². The summed E-state index contributed by atoms with van der Waals surface area (Å²) in [5.74, 6) is 0.462. The van der Waals surface area contributed by atoms with E-state index in [1.54, 1.807) is 14.2 Å². The summed E-state index contributed by atoms with van der Waals surface area (Å²) in [4.78, 5) is 23.5. The maximum atomic E-state index is 11.8. The van der Waals surface area contributed by atoms with Crippen molar-refractivity contribution in [2.75, 3.05) is 20.8 Å². The molecule has 0 saturated heterocycles. The van der Waals surface area contributed by atoms with Gasteiger partial charge < -0.3 is 14.8 Å². The molecule has 0 spiro atoms. The first-order valence-corrected chi connectivity index (χ1v) is 8.47. The number of nitrogens with zero attached hydrogens (tertiary/aromatic N) is 1. The number of nitrogens with one attached hydrogen (secondary N) is 2. The maximum Gasteiger partial charge on any atom is 0.249 e. The van der Waals surface area contributed by atoms with Crippen LogP contribution < -0.4 is 20.2 Å². The molecule has 2 aromatic carbocycles. The van der Waals surface area contributed by atoms with Crippen molar-refractivity contribution >= 4 is 18.0 Å². The van der Waals surface area contributed by atoms with E-state index in [4.69, 9.17) is 9.47 Å². The normalized spacial score (nSPS) is 10.4. The minimum atomic E-state index is -0.467. The predicted molar refractivity (Wildman–Crippen MR) is 103 cm³/mol. The van der Waals surface area contributed by atoms with Gasteiger partial charge in [-0.2, -0.15) is 5.10 Å². The van der Waals surface area contributed by atoms with E-state index in [0.717, 1.165) is 11.1 Å². The molecule has 0 radical (unpaired) electrons. The number of hydrogen-bond donors (Lipinski definition) is 2. The van der Waals surface area contributed by atoms with Gasteiger partial charge in [-0.15, -0.1) is 0 Å². The van der Waals surface area contributed by atoms with Gasteiger partial charge in [0.1, 0.15) is 6.42 Å². The van der Waals surface area contributed by atoms with E-state index in [2.05, 4.69) is 15.8 Å². The third-order valence-corrected chi connectivity index (χ3v) is 3.71. The summed E-state index contributed by atoms with van der Waals surface area (Å²) in [5.41, 5.74) is 4.19. The van der Waals surface area contributed by atoms with Crippen LogP contribution in [0.3, 0.4) is 0 Å². The molecule has 142 valence electrons. The van der Waals surface area contributed by atoms with Gasteiger partial charge in [0.2, 0.25) is 11.8 Å². The van der Waals surface area contributed by atoms with Gasteiger partial charge >= 0.3 is 0 Å². The maximum absolute atomic E-state index is 11.8. The number of rotatable bonds is 9. The number of amides is 2. The minimum Gasteiger partial charge on any atom is -0.493 e. The second-order valence-corrected chi connectivity index (χ2v) is 5.67. The largest absolute Gasteiger partial charge is 0.493 e. The molecule has 2 N–H and O–H groups in total. The Morgan fingerprint density at radius 1 is 1.00 bits per heavy atom. The highest BCUT2D eigenvalue weighted by atomic mass is 16.5. The average molecular weight is 369 g/mol. The molecule has 0 fully saturated rings. The number of carbonyl (C=O) groups is 2. The molecule has 0 unspecified atom stereocenters. The summed E-state index contributed by atoms with van der Waals surface area (Å²) >= 11 is 0. The van der Waals surface area contributed by atoms with E-state index < -0.39 is 5.91 Å². The van der Waals surface area contributed by atoms with Crippen LogP contribution in [-0.2, 0) is 16.0 Å². The number of benzene rings is 2. The molecule has 0 aromatic heterocycles. The Balaban J connectivity index is 1.71. The van der Waals surface area contributed by atoms with Crippen LogP contribution in [0.5, 0.6) is 11.5 Å². The highest BCUT2D eigenvalue weighted by Gasteiger charge is 2.09. The van der Waals surface area contributed by atoms with Crippen LogP contribution in [0.15, 0.2) is 53.6 Å². The second-order valence-electron chi connectivity index (χ2n) is 5.67. The Morgan fingerprint density at radius 3 is 2.44 bits per heavy atom. The molecular formula is C20H23N3O4. The fourth-order valence-electron chi connectivity index (χ4n) is 2.35. The zero-order valence-electron chi connectivity index (χ0n) is 15.4. The molecule has 0 bridgehead atoms. The summed E-state index contributed by atoms with van der Waals surface area (Å²) in [6.07, 6.45) is 1.85. The molecule has 2 rings (SSSR count). The average Bonchev–Trinajstić information content (AvgIpc) is 2.68. The highest BCUT2D eigenvalue weighted by Crippen LogP contribution is 2.27. The van der Waals surface area contributed by atoms with Crippen molar-refractivity contribution in [2.24, 2.45) is 5.10 Å². The van der Waals surface area contributed by atoms with Gasteiger partial charge in [-0.05, 0) is 29.7 Å². The van der Waals surface area contributed by atoms with Gasteiger partial charge in [-0.25, -0.2) is 5.43 Å². The molecule has 27 heavy (non-hydrogen) atoms. The Kier molecular flexibility index (Phi) is 7.84. The number of carbonyl (C=O) groups excluding carboxylic acids is 2. The molecule has 7 heteroatoms. The molecule has 0 aliphatic rings. The Bertz CT molecular complexity index is 791. The smallest absolute Gasteiger partial charge is 0.249 e. The first-order valence-electron chi connectivity index (χ1n) is 8.47. The lowest BCUT2D eigenvalue weighted by atomic mass is 10.1. The van der Waals surface area contributed by atoms with Crippen molar-refractivity contribution in [1.29, 1.82) is 0 Å². The molecule has 0 heterocycles. The van der Waals surface area contributed by atoms with E-state index >= 15 is 0 Å². The van der Waals surface area contributed by atoms with Crippen molar-refractivity contribution in [3.8, 4) is 11.5 Å². The fourth-order valence-corrected chi connectivity index (χ4v) is 2.35. The zero-order chi connectivity index (χ0) is 19.5. The van der Waals surface area contributed by atoms with E-state index in [0.29, 0.717) is 24.5 Å². The number of methoxy groups -OCH3 is 2. The van der Waals surface area contributed by atoms with Gasteiger partial charge in [0.25, 0.3) is 0 Å². The van der Waals surface area contributed by atoms with Gasteiger partial charge in [-0.3, -0.25) is 9.59 Å². The quantitative estimate of drug-likeness (QED) is 0.401. The summed E-state index contributed by atoms with van der Waals surface area (Å²) in [5, 5.41) is 6.54. The third kappa shape index (κ3) is 6.81. The molecule has 2 amide bonds. The van der Waals surface area contributed by atoms with E-state index in [-0.39, 0.29) is 12.3 Å². The summed E-state index contributed by atoms with van der Waals surface area (Å²) in [7, 11) is 3.15. The standard InChI is InChI=1S/C20H23N3O4/c1-26-17-9-8-15(12-18(17)27-2)10-11-21-19(24)13-20(25)23-22-14-16-6-4-3-5-7-16/h3-9,12,14H,10-11,13H2,1-2H3,(H,21,24)(H,23,25)/b22-14-. The third-order valence-electron chi connectivity index (χ3n) is 3.71. The SMILES string of the molecule is COc1ccc(CCNC(=O)CC(=O)N/N=C\c2ccccc2)cc1OC. The lowest BCUT2D eigenvalue weighted by molar-refractivity contribution is -0.129. The molecular weight excluding hydrogens is 346 g/mol. The Hall–Kier alpha value is -3.35. The number of hydrogen-bond acceptors (Lipinski definition) is 5. The Morgan fingerprint density at radius 2 is 1.74 bits per heavy atom. The van der Waals surface area contributed by atoms with Gasteiger partial charge in [0.15, 0.2) is 11.5 Å². The van der Waals surface area contributed by atoms with E-state index in [9.17, 15) is 9.59 Å². The molecule has 0 atom stereocenters. The van der Waals surface area contributed by atoms with Gasteiger partial charge in [0.05, 0.1) is 20.4 Å². The van der Waals surface area contributed by atoms with Crippen molar-refractivity contribution < 1.29 is 19.1 Å². The van der Waals surface area contributed by atoms with Gasteiger partial charge in [0, 0.05) is 6.54 Å². The topological polar surface area (TPSA) is 89.0 Å². The monoisotopic (exact) mass is 369 g/mol. The van der Waals surface area contributed by atoms with Crippen molar-refractivity contribution in [3.63, 3.8) is 0 Å². The molecule has 0 saturated carbocycles. The van der Waals surface area contributed by atoms with Crippen LogP contribution in [0.1, 0.15) is 17.5 Å². The Labute approximate surface area is 158 Å². The van der Waals surface area contributed by atoms with Crippen LogP contribution in [-0.4, -0.2) is 38.8 Å². The van der Waals surface area contributed by atoms with Crippen molar-refractivity contribution in [2.45, 2.75) is 12.8 Å². The highest BCUT2D eigenvalue weighted by molar-refractivity contribution is 5.97. The van der Waals surface area contributed by atoms with Crippen molar-refractivity contribution in [3.05, 3.63) is 59.7 Å². The second kappa shape index (κ2) is 10.6. The summed E-state index contributed by atoms with van der Waals surface area (Å²) < 4.78 is 10.4. The first-order chi connectivity index (χ1) is 13.1. The first kappa shape index (κ1) is 20.0. The number of ether oxygens (including phenoxy) is 2. The predicted octanol–water partition coefficient (Wildman–Crippen LogP) is 1.90. The number of hydrazone groups is 1. The zero-order valence-corrected chi connectivity index (χ0v) is 15.4. The van der Waals surface area contributed by atoms with E-state index in [1.165, 1.54) is 6.21 Å². The molecule has 7 nitrogen and oxygen atoms in total. The lowest BCUT2D eigenvalue weighted by Gasteiger charge is -2.10. The lowest BCUT2D eigenvalue weighted by Crippen LogP contribution is -2.31. The van der Waals surface area contributed by atoms with Crippen LogP contribution in [0, 0.1) is 0 Å². The minimum absolute atomic E-state index is 0.280.